The van der Waals surface area contributed by atoms with Crippen LogP contribution in [0.1, 0.15) is 19.8 Å². The quantitative estimate of drug-likeness (QED) is 0.626. The van der Waals surface area contributed by atoms with Crippen molar-refractivity contribution >= 4 is 42.1 Å². The summed E-state index contributed by atoms with van der Waals surface area (Å²) in [5, 5.41) is 10.8. The second-order valence-electron chi connectivity index (χ2n) is 5.66. The third-order valence-electron chi connectivity index (χ3n) is 3.85. The SMILES string of the molecule is CC(N)CCC(=O)N1CCN(c2cccc([N+](=O)[O-])c2)CC1.Cl.Cl. The zero-order chi connectivity index (χ0) is 16.1. The average molecular weight is 379 g/mol. The first-order valence-corrected chi connectivity index (χ1v) is 7.50. The molecule has 7 nitrogen and oxygen atoms in total. The molecular weight excluding hydrogens is 355 g/mol. The van der Waals surface area contributed by atoms with Crippen molar-refractivity contribution in [2.75, 3.05) is 31.1 Å². The molecule has 1 aromatic rings. The van der Waals surface area contributed by atoms with Gasteiger partial charge in [0.2, 0.25) is 5.91 Å². The molecule has 1 unspecified atom stereocenters. The van der Waals surface area contributed by atoms with E-state index in [0.29, 0.717) is 39.0 Å². The number of hydrogen-bond acceptors (Lipinski definition) is 5. The van der Waals surface area contributed by atoms with Gasteiger partial charge in [-0.05, 0) is 19.4 Å². The van der Waals surface area contributed by atoms with Gasteiger partial charge < -0.3 is 15.5 Å². The highest BCUT2D eigenvalue weighted by molar-refractivity contribution is 5.85. The molecule has 1 aliphatic heterocycles. The number of nitrogens with zero attached hydrogens (tertiary/aromatic N) is 3. The molecular formula is C15H24Cl2N4O3. The van der Waals surface area contributed by atoms with Gasteiger partial charge in [-0.15, -0.1) is 24.8 Å². The molecule has 1 saturated heterocycles. The lowest BCUT2D eigenvalue weighted by atomic mass is 10.1. The third-order valence-corrected chi connectivity index (χ3v) is 3.85. The van der Waals surface area contributed by atoms with Crippen molar-refractivity contribution in [2.45, 2.75) is 25.8 Å². The molecule has 0 bridgehead atoms. The highest BCUT2D eigenvalue weighted by atomic mass is 35.5. The summed E-state index contributed by atoms with van der Waals surface area (Å²) in [6.07, 6.45) is 1.18. The largest absolute Gasteiger partial charge is 0.368 e. The van der Waals surface area contributed by atoms with Crippen LogP contribution in [-0.2, 0) is 4.79 Å². The maximum atomic E-state index is 12.1. The Labute approximate surface area is 154 Å². The molecule has 0 radical (unpaired) electrons. The van der Waals surface area contributed by atoms with Crippen LogP contribution in [0, 0.1) is 10.1 Å². The Morgan fingerprint density at radius 1 is 1.29 bits per heavy atom. The van der Waals surface area contributed by atoms with Gasteiger partial charge in [0.25, 0.3) is 5.69 Å². The Hall–Kier alpha value is -1.57. The zero-order valence-electron chi connectivity index (χ0n) is 13.6. The van der Waals surface area contributed by atoms with Gasteiger partial charge in [-0.1, -0.05) is 6.07 Å². The summed E-state index contributed by atoms with van der Waals surface area (Å²) < 4.78 is 0. The number of amides is 1. The average Bonchev–Trinajstić information content (AvgIpc) is 2.53. The van der Waals surface area contributed by atoms with Gasteiger partial charge in [0.1, 0.15) is 0 Å². The number of hydrogen-bond donors (Lipinski definition) is 1. The zero-order valence-corrected chi connectivity index (χ0v) is 15.2. The van der Waals surface area contributed by atoms with Gasteiger partial charge in [0, 0.05) is 56.5 Å². The molecule has 2 N–H and O–H groups in total. The summed E-state index contributed by atoms with van der Waals surface area (Å²) in [6.45, 7) is 4.55. The Kier molecular flexibility index (Phi) is 9.65. The number of carbonyl (C=O) groups excluding carboxylic acids is 1. The van der Waals surface area contributed by atoms with E-state index in [2.05, 4.69) is 4.90 Å². The first kappa shape index (κ1) is 22.4. The lowest BCUT2D eigenvalue weighted by molar-refractivity contribution is -0.384. The van der Waals surface area contributed by atoms with E-state index in [1.807, 2.05) is 17.9 Å². The smallest absolute Gasteiger partial charge is 0.271 e. The summed E-state index contributed by atoms with van der Waals surface area (Å²) >= 11 is 0. The van der Waals surface area contributed by atoms with Crippen LogP contribution in [0.4, 0.5) is 11.4 Å². The minimum absolute atomic E-state index is 0. The first-order chi connectivity index (χ1) is 10.5. The maximum Gasteiger partial charge on any atom is 0.271 e. The van der Waals surface area contributed by atoms with E-state index in [4.69, 9.17) is 5.73 Å². The Morgan fingerprint density at radius 2 is 1.92 bits per heavy atom. The van der Waals surface area contributed by atoms with Crippen LogP contribution in [0.25, 0.3) is 0 Å². The van der Waals surface area contributed by atoms with E-state index in [1.54, 1.807) is 12.1 Å². The number of benzene rings is 1. The summed E-state index contributed by atoms with van der Waals surface area (Å²) in [5.41, 5.74) is 6.59. The molecule has 136 valence electrons. The predicted octanol–water partition coefficient (Wildman–Crippen LogP) is 2.21. The highest BCUT2D eigenvalue weighted by Gasteiger charge is 2.22. The van der Waals surface area contributed by atoms with Gasteiger partial charge in [-0.3, -0.25) is 14.9 Å². The molecule has 0 spiro atoms. The van der Waals surface area contributed by atoms with Crippen molar-refractivity contribution in [3.05, 3.63) is 34.4 Å². The van der Waals surface area contributed by atoms with Gasteiger partial charge in [0.05, 0.1) is 4.92 Å². The van der Waals surface area contributed by atoms with Crippen LogP contribution in [0.15, 0.2) is 24.3 Å². The first-order valence-electron chi connectivity index (χ1n) is 7.50. The Balaban J connectivity index is 0.00000264. The van der Waals surface area contributed by atoms with E-state index in [9.17, 15) is 14.9 Å². The van der Waals surface area contributed by atoms with E-state index in [-0.39, 0.29) is 42.5 Å². The van der Waals surface area contributed by atoms with E-state index in [1.165, 1.54) is 6.07 Å². The van der Waals surface area contributed by atoms with Crippen molar-refractivity contribution in [1.82, 2.24) is 4.90 Å². The fourth-order valence-electron chi connectivity index (χ4n) is 2.53. The molecule has 9 heteroatoms. The molecule has 1 aromatic carbocycles. The molecule has 0 saturated carbocycles. The number of nitro benzene ring substituents is 1. The van der Waals surface area contributed by atoms with E-state index < -0.39 is 4.92 Å². The number of anilines is 1. The maximum absolute atomic E-state index is 12.1. The Morgan fingerprint density at radius 3 is 2.46 bits per heavy atom. The predicted molar refractivity (Wildman–Crippen MR) is 99.3 cm³/mol. The van der Waals surface area contributed by atoms with Crippen molar-refractivity contribution < 1.29 is 9.72 Å². The molecule has 0 aliphatic carbocycles. The van der Waals surface area contributed by atoms with Crippen molar-refractivity contribution in [3.63, 3.8) is 0 Å². The second kappa shape index (κ2) is 10.3. The van der Waals surface area contributed by atoms with E-state index >= 15 is 0 Å². The minimum Gasteiger partial charge on any atom is -0.368 e. The molecule has 1 heterocycles. The number of piperazine rings is 1. The van der Waals surface area contributed by atoms with Gasteiger partial charge >= 0.3 is 0 Å². The van der Waals surface area contributed by atoms with Crippen LogP contribution >= 0.6 is 24.8 Å². The molecule has 0 aromatic heterocycles. The number of rotatable bonds is 5. The van der Waals surface area contributed by atoms with Crippen LogP contribution < -0.4 is 10.6 Å². The van der Waals surface area contributed by atoms with Crippen LogP contribution in [0.3, 0.4) is 0 Å². The summed E-state index contributed by atoms with van der Waals surface area (Å²) in [5.74, 6) is 0.135. The van der Waals surface area contributed by atoms with Gasteiger partial charge in [-0.25, -0.2) is 0 Å². The van der Waals surface area contributed by atoms with Crippen LogP contribution in [0.2, 0.25) is 0 Å². The second-order valence-corrected chi connectivity index (χ2v) is 5.66. The number of carbonyl (C=O) groups is 1. The lowest BCUT2D eigenvalue weighted by Crippen LogP contribution is -2.49. The van der Waals surface area contributed by atoms with E-state index in [0.717, 1.165) is 5.69 Å². The normalized spacial score (nSPS) is 15.1. The minimum atomic E-state index is -0.392. The summed E-state index contributed by atoms with van der Waals surface area (Å²) in [7, 11) is 0. The topological polar surface area (TPSA) is 92.7 Å². The summed E-state index contributed by atoms with van der Waals surface area (Å²) in [4.78, 5) is 26.4. The number of halogens is 2. The molecule has 2 rings (SSSR count). The standard InChI is InChI=1S/C15H22N4O3.2ClH/c1-12(16)5-6-15(20)18-9-7-17(8-10-18)13-3-2-4-14(11-13)19(21)22;;/h2-4,11-12H,5-10,16H2,1H3;2*1H. The van der Waals surface area contributed by atoms with Crippen molar-refractivity contribution in [1.29, 1.82) is 0 Å². The van der Waals surface area contributed by atoms with Gasteiger partial charge in [-0.2, -0.15) is 0 Å². The third kappa shape index (κ3) is 6.14. The number of nitro groups is 1. The highest BCUT2D eigenvalue weighted by Crippen LogP contribution is 2.22. The molecule has 24 heavy (non-hydrogen) atoms. The molecule has 1 aliphatic rings. The van der Waals surface area contributed by atoms with Crippen molar-refractivity contribution in [3.8, 4) is 0 Å². The fourth-order valence-corrected chi connectivity index (χ4v) is 2.53. The molecule has 1 atom stereocenters. The molecule has 1 amide bonds. The Bertz CT molecular complexity index is 549. The van der Waals surface area contributed by atoms with Gasteiger partial charge in [0.15, 0.2) is 0 Å². The molecule has 1 fully saturated rings. The number of non-ortho nitro benzene ring substituents is 1. The number of nitrogens with two attached hydrogens (primary N) is 1. The van der Waals surface area contributed by atoms with Crippen LogP contribution in [-0.4, -0.2) is 48.0 Å². The summed E-state index contributed by atoms with van der Waals surface area (Å²) in [6, 6.07) is 6.65. The lowest BCUT2D eigenvalue weighted by Gasteiger charge is -2.36. The van der Waals surface area contributed by atoms with Crippen molar-refractivity contribution in [2.24, 2.45) is 5.73 Å². The van der Waals surface area contributed by atoms with Crippen LogP contribution in [0.5, 0.6) is 0 Å². The monoisotopic (exact) mass is 378 g/mol. The fraction of sp³-hybridized carbons (Fsp3) is 0.533.